The largest absolute Gasteiger partial charge is 0.321 e. The molecule has 0 aliphatic rings. The van der Waals surface area contributed by atoms with Gasteiger partial charge in [0.05, 0.1) is 0 Å². The van der Waals surface area contributed by atoms with Crippen LogP contribution in [0, 0.1) is 0 Å². The molecule has 1 N–H and O–H groups in total. The highest BCUT2D eigenvalue weighted by atomic mass is 32.9. The van der Waals surface area contributed by atoms with Gasteiger partial charge in [-0.25, -0.2) is 0 Å². The minimum absolute atomic E-state index is 4.02. The van der Waals surface area contributed by atoms with Crippen molar-refractivity contribution in [2.75, 3.05) is 0 Å². The van der Waals surface area contributed by atoms with Gasteiger partial charge in [0.25, 0.3) is 10.2 Å². The molecule has 0 aromatic rings. The highest BCUT2D eigenvalue weighted by Crippen LogP contribution is 1.99. The third-order valence-corrected chi connectivity index (χ3v) is 1.40. The molecule has 0 aliphatic carbocycles. The molecule has 0 bridgehead atoms. The van der Waals surface area contributed by atoms with Crippen LogP contribution in [0.15, 0.2) is 0 Å². The molecule has 7 heavy (non-hydrogen) atoms. The van der Waals surface area contributed by atoms with Crippen molar-refractivity contribution in [3.8, 4) is 0 Å². The van der Waals surface area contributed by atoms with Crippen LogP contribution in [0.1, 0.15) is 0 Å². The van der Waals surface area contributed by atoms with Crippen molar-refractivity contribution in [2.24, 2.45) is 0 Å². The summed E-state index contributed by atoms with van der Waals surface area (Å²) in [6.07, 6.45) is 0. The van der Waals surface area contributed by atoms with Crippen LogP contribution >= 0.6 is 0 Å². The van der Waals surface area contributed by atoms with Crippen LogP contribution in [-0.2, 0) is 19.4 Å². The van der Waals surface area contributed by atoms with E-state index in [0.717, 1.165) is 0 Å². The highest BCUT2D eigenvalue weighted by molar-refractivity contribution is 8.38. The summed E-state index contributed by atoms with van der Waals surface area (Å²) >= 11 is 0. The van der Waals surface area contributed by atoms with Crippen molar-refractivity contribution in [3.05, 3.63) is 0 Å². The van der Waals surface area contributed by atoms with E-state index in [2.05, 4.69) is 0 Å². The fourth-order valence-corrected chi connectivity index (χ4v) is 0. The fourth-order valence-electron chi connectivity index (χ4n) is 0. The second-order valence-electron chi connectivity index (χ2n) is 0.596. The third kappa shape index (κ3) is 2.89. The van der Waals surface area contributed by atoms with Crippen LogP contribution in [0.4, 0.5) is 11.7 Å². The van der Waals surface area contributed by atoms with E-state index in [1.165, 1.54) is 0 Å². The van der Waals surface area contributed by atoms with Crippen LogP contribution < -0.4 is 0 Å². The number of hydrogen-bond acceptors (Lipinski definition) is 1. The Hall–Kier alpha value is 0.250. The minimum atomic E-state index is -5.30. The van der Waals surface area contributed by atoms with Gasteiger partial charge in [0, 0.05) is 0 Å². The Morgan fingerprint density at radius 1 is 1.57 bits per heavy atom. The van der Waals surface area contributed by atoms with Crippen LogP contribution in [0.3, 0.4) is 0 Å². The lowest BCUT2D eigenvalue weighted by atomic mass is 15.9. The Morgan fingerprint density at radius 3 is 1.71 bits per heavy atom. The molecule has 2 nitrogen and oxygen atoms in total. The number of halogens is 3. The Kier molecular flexibility index (Phi) is 2.09. The van der Waals surface area contributed by atoms with Gasteiger partial charge >= 0.3 is 9.16 Å². The standard InChI is InChI=1S/F3HO2S2/c1-6(2)7(3,4)5/h(H,4,5). The molecular formula is HF3O2S2. The lowest BCUT2D eigenvalue weighted by Crippen LogP contribution is -1.88. The molecule has 0 aliphatic heterocycles. The maximum atomic E-state index is 10.9. The molecule has 1 atom stereocenters. The first kappa shape index (κ1) is 7.25. The second kappa shape index (κ2) is 2.01. The first-order chi connectivity index (χ1) is 2.94. The number of rotatable bonds is 0. The molecule has 0 radical (unpaired) electrons. The smallest absolute Gasteiger partial charge is 0.282 e. The van der Waals surface area contributed by atoms with E-state index in [9.17, 15) is 11.7 Å². The minimum Gasteiger partial charge on any atom is -0.282 e. The van der Waals surface area contributed by atoms with E-state index >= 15 is 0 Å². The zero-order chi connectivity index (χ0) is 6.08. The summed E-state index contributed by atoms with van der Waals surface area (Å²) in [5, 5.41) is 0. The van der Waals surface area contributed by atoms with E-state index in [-0.39, 0.29) is 0 Å². The van der Waals surface area contributed by atoms with E-state index in [1.807, 2.05) is 0 Å². The molecule has 0 aromatic carbocycles. The summed E-state index contributed by atoms with van der Waals surface area (Å²) in [4.78, 5) is 0. The van der Waals surface area contributed by atoms with Gasteiger partial charge in [0.15, 0.2) is 0 Å². The summed E-state index contributed by atoms with van der Waals surface area (Å²) in [7, 11) is -9.31. The first-order valence-corrected chi connectivity index (χ1v) is 3.94. The predicted molar refractivity (Wildman–Crippen MR) is 21.5 cm³/mol. The van der Waals surface area contributed by atoms with Crippen molar-refractivity contribution in [1.29, 1.82) is 0 Å². The molecular weight excluding hydrogens is 153 g/mol. The monoisotopic (exact) mass is 154 g/mol. The normalized spacial score (nSPS) is 19.6. The van der Waals surface area contributed by atoms with E-state index in [0.29, 0.717) is 0 Å². The molecule has 46 valence electrons. The van der Waals surface area contributed by atoms with Gasteiger partial charge in [0.2, 0.25) is 0 Å². The van der Waals surface area contributed by atoms with Crippen molar-refractivity contribution < 1.29 is 20.4 Å². The summed E-state index contributed by atoms with van der Waals surface area (Å²) in [5.41, 5.74) is 0. The lowest BCUT2D eigenvalue weighted by molar-refractivity contribution is 0.511. The molecule has 0 saturated heterocycles. The maximum absolute atomic E-state index is 10.9. The van der Waals surface area contributed by atoms with Crippen molar-refractivity contribution in [1.82, 2.24) is 0 Å². The van der Waals surface area contributed by atoms with E-state index in [4.69, 9.17) is 8.76 Å². The van der Waals surface area contributed by atoms with E-state index < -0.39 is 19.4 Å². The van der Waals surface area contributed by atoms with Gasteiger partial charge in [-0.05, 0) is 0 Å². The van der Waals surface area contributed by atoms with Crippen molar-refractivity contribution in [3.63, 3.8) is 0 Å². The average Bonchev–Trinajstić information content (AvgIpc) is 1.31. The Labute approximate surface area is 40.6 Å². The van der Waals surface area contributed by atoms with Gasteiger partial charge in [-0.15, -0.1) is 11.7 Å². The topological polar surface area (TPSA) is 37.3 Å². The van der Waals surface area contributed by atoms with Crippen LogP contribution in [0.2, 0.25) is 0 Å². The highest BCUT2D eigenvalue weighted by Gasteiger charge is 2.04. The van der Waals surface area contributed by atoms with Gasteiger partial charge in [-0.3, -0.25) is 4.55 Å². The zero-order valence-electron chi connectivity index (χ0n) is 2.81. The Balaban J connectivity index is 4.67. The molecule has 0 spiro atoms. The molecule has 0 heterocycles. The van der Waals surface area contributed by atoms with Gasteiger partial charge in [0.1, 0.15) is 0 Å². The molecule has 7 heteroatoms. The molecule has 0 amide bonds. The molecule has 0 rings (SSSR count). The summed E-state index contributed by atoms with van der Waals surface area (Å²) in [6.45, 7) is 0. The number of hydrogen-bond donors (Lipinski definition) is 1. The predicted octanol–water partition coefficient (Wildman–Crippen LogP) is 0.931. The fraction of sp³-hybridized carbons (Fsp3) is 0. The van der Waals surface area contributed by atoms with Crippen molar-refractivity contribution >= 4 is 19.4 Å². The quantitative estimate of drug-likeness (QED) is 0.527. The van der Waals surface area contributed by atoms with Gasteiger partial charge < -0.3 is 0 Å². The first-order valence-electron chi connectivity index (χ1n) is 0.979. The summed E-state index contributed by atoms with van der Waals surface area (Å²) < 4.78 is 48.5. The summed E-state index contributed by atoms with van der Waals surface area (Å²) in [6, 6.07) is 0. The maximum Gasteiger partial charge on any atom is 0.321 e. The molecule has 0 fully saturated rings. The SMILES string of the molecule is O=S(O)(F)=S(F)F. The van der Waals surface area contributed by atoms with Gasteiger partial charge in [-0.2, -0.15) is 4.21 Å². The Morgan fingerprint density at radius 2 is 1.71 bits per heavy atom. The molecule has 0 saturated carbocycles. The third-order valence-electron chi connectivity index (χ3n) is 0.155. The zero-order valence-corrected chi connectivity index (χ0v) is 4.44. The van der Waals surface area contributed by atoms with Crippen LogP contribution in [0.5, 0.6) is 0 Å². The molecule has 1 unspecified atom stereocenters. The summed E-state index contributed by atoms with van der Waals surface area (Å²) in [5.74, 6) is 0. The van der Waals surface area contributed by atoms with Gasteiger partial charge in [-0.1, -0.05) is 0 Å². The Bertz CT molecular complexity index is 152. The average molecular weight is 154 g/mol. The van der Waals surface area contributed by atoms with E-state index in [1.54, 1.807) is 0 Å². The van der Waals surface area contributed by atoms with Crippen LogP contribution in [-0.4, -0.2) is 8.76 Å². The second-order valence-corrected chi connectivity index (χ2v) is 3.78. The lowest BCUT2D eigenvalue weighted by Gasteiger charge is -1.80. The van der Waals surface area contributed by atoms with Crippen LogP contribution in [0.25, 0.3) is 0 Å². The van der Waals surface area contributed by atoms with Crippen molar-refractivity contribution in [2.45, 2.75) is 0 Å². The molecule has 0 aromatic heterocycles.